The Morgan fingerprint density at radius 2 is 1.28 bits per heavy atom. The van der Waals surface area contributed by atoms with Gasteiger partial charge in [-0.05, 0) is 35.7 Å². The van der Waals surface area contributed by atoms with Crippen LogP contribution in [0, 0.1) is 0 Å². The van der Waals surface area contributed by atoms with Crippen LogP contribution in [0.3, 0.4) is 0 Å². The second kappa shape index (κ2) is 8.99. The van der Waals surface area contributed by atoms with E-state index < -0.39 is 6.09 Å². The first kappa shape index (κ1) is 18.7. The lowest BCUT2D eigenvalue weighted by Gasteiger charge is -2.20. The summed E-state index contributed by atoms with van der Waals surface area (Å²) in [4.78, 5) is 20.9. The number of oxime groups is 1. The van der Waals surface area contributed by atoms with Crippen LogP contribution in [0.25, 0.3) is 0 Å². The molecular formula is C24H18N2O2S. The quantitative estimate of drug-likeness (QED) is 0.219. The molecule has 4 nitrogen and oxygen atoms in total. The van der Waals surface area contributed by atoms with Crippen LogP contribution >= 0.6 is 11.3 Å². The predicted molar refractivity (Wildman–Crippen MR) is 118 cm³/mol. The number of anilines is 2. The first-order valence-corrected chi connectivity index (χ1v) is 9.99. The molecule has 1 amide bonds. The summed E-state index contributed by atoms with van der Waals surface area (Å²) in [7, 11) is 0. The Bertz CT molecular complexity index is 1040. The molecule has 0 N–H and O–H groups in total. The third-order valence-electron chi connectivity index (χ3n) is 4.23. The molecule has 1 aromatic heterocycles. The molecule has 0 saturated heterocycles. The van der Waals surface area contributed by atoms with Crippen molar-refractivity contribution in [1.29, 1.82) is 0 Å². The van der Waals surface area contributed by atoms with Crippen molar-refractivity contribution in [2.24, 2.45) is 5.16 Å². The molecular weight excluding hydrogens is 380 g/mol. The summed E-state index contributed by atoms with van der Waals surface area (Å²) in [5.41, 5.74) is 2.91. The maximum absolute atomic E-state index is 13.0. The van der Waals surface area contributed by atoms with Crippen molar-refractivity contribution < 1.29 is 9.63 Å². The van der Waals surface area contributed by atoms with Gasteiger partial charge < -0.3 is 0 Å². The van der Waals surface area contributed by atoms with Gasteiger partial charge in [-0.1, -0.05) is 78.0 Å². The van der Waals surface area contributed by atoms with Crippen LogP contribution in [0.1, 0.15) is 10.4 Å². The Morgan fingerprint density at radius 3 is 1.79 bits per heavy atom. The summed E-state index contributed by atoms with van der Waals surface area (Å²) in [6.07, 6.45) is -0.576. The van der Waals surface area contributed by atoms with Gasteiger partial charge in [-0.2, -0.15) is 0 Å². The maximum Gasteiger partial charge on any atom is 0.445 e. The van der Waals surface area contributed by atoms with Crippen LogP contribution < -0.4 is 4.90 Å². The summed E-state index contributed by atoms with van der Waals surface area (Å²) in [6, 6.07) is 32.3. The molecule has 0 atom stereocenters. The average Bonchev–Trinajstić information content (AvgIpc) is 3.31. The number of carbonyl (C=O) groups excluding carboxylic acids is 1. The molecule has 0 aliphatic carbocycles. The number of rotatable bonds is 5. The minimum atomic E-state index is -0.576. The molecule has 0 radical (unpaired) electrons. The van der Waals surface area contributed by atoms with Gasteiger partial charge in [-0.25, -0.2) is 9.69 Å². The number of amides is 1. The van der Waals surface area contributed by atoms with Gasteiger partial charge >= 0.3 is 6.09 Å². The van der Waals surface area contributed by atoms with E-state index in [1.54, 1.807) is 11.3 Å². The standard InChI is InChI=1S/C24H18N2O2S/c27-24(26(20-13-6-2-7-14-20)21-15-8-3-9-16-21)28-25-23(22-17-10-18-29-22)19-11-4-1-5-12-19/h1-18H. The first-order valence-electron chi connectivity index (χ1n) is 9.11. The van der Waals surface area contributed by atoms with E-state index >= 15 is 0 Å². The zero-order chi connectivity index (χ0) is 19.9. The van der Waals surface area contributed by atoms with Gasteiger partial charge in [0.25, 0.3) is 0 Å². The lowest BCUT2D eigenvalue weighted by molar-refractivity contribution is 0.161. The van der Waals surface area contributed by atoms with Crippen LogP contribution in [0.5, 0.6) is 0 Å². The summed E-state index contributed by atoms with van der Waals surface area (Å²) >= 11 is 1.54. The van der Waals surface area contributed by atoms with Crippen LogP contribution in [-0.4, -0.2) is 11.8 Å². The van der Waals surface area contributed by atoms with Crippen LogP contribution in [-0.2, 0) is 4.84 Å². The Balaban J connectivity index is 1.68. The average molecular weight is 398 g/mol. The number of nitrogens with zero attached hydrogens (tertiary/aromatic N) is 2. The number of para-hydroxylation sites is 2. The van der Waals surface area contributed by atoms with Gasteiger partial charge in [-0.15, -0.1) is 11.3 Å². The molecule has 1 heterocycles. The van der Waals surface area contributed by atoms with Crippen molar-refractivity contribution in [3.63, 3.8) is 0 Å². The summed E-state index contributed by atoms with van der Waals surface area (Å²) in [5.74, 6) is 0. The monoisotopic (exact) mass is 398 g/mol. The van der Waals surface area contributed by atoms with E-state index in [2.05, 4.69) is 5.16 Å². The fraction of sp³-hybridized carbons (Fsp3) is 0. The molecule has 29 heavy (non-hydrogen) atoms. The molecule has 5 heteroatoms. The molecule has 4 aromatic rings. The molecule has 0 bridgehead atoms. The van der Waals surface area contributed by atoms with Crippen molar-refractivity contribution in [3.8, 4) is 0 Å². The van der Waals surface area contributed by atoms with E-state index in [1.807, 2.05) is 109 Å². The van der Waals surface area contributed by atoms with Gasteiger partial charge in [0.05, 0.1) is 16.3 Å². The summed E-state index contributed by atoms with van der Waals surface area (Å²) in [6.45, 7) is 0. The van der Waals surface area contributed by atoms with E-state index in [9.17, 15) is 4.79 Å². The zero-order valence-electron chi connectivity index (χ0n) is 15.5. The molecule has 0 fully saturated rings. The lowest BCUT2D eigenvalue weighted by Crippen LogP contribution is -2.25. The summed E-state index contributed by atoms with van der Waals surface area (Å²) < 4.78 is 0. The highest BCUT2D eigenvalue weighted by molar-refractivity contribution is 7.12. The van der Waals surface area contributed by atoms with Crippen molar-refractivity contribution in [2.75, 3.05) is 4.90 Å². The Labute approximate surface area is 173 Å². The molecule has 4 rings (SSSR count). The topological polar surface area (TPSA) is 41.9 Å². The molecule has 0 saturated carbocycles. The second-order valence-corrected chi connectivity index (χ2v) is 7.09. The molecule has 0 aliphatic rings. The number of benzene rings is 3. The molecule has 0 unspecified atom stereocenters. The minimum Gasteiger partial charge on any atom is -0.297 e. The van der Waals surface area contributed by atoms with Gasteiger partial charge in [-0.3, -0.25) is 4.84 Å². The van der Waals surface area contributed by atoms with Crippen LogP contribution in [0.4, 0.5) is 16.2 Å². The minimum absolute atomic E-state index is 0.576. The Hall–Kier alpha value is -3.70. The van der Waals surface area contributed by atoms with E-state index in [0.717, 1.165) is 10.4 Å². The normalized spacial score (nSPS) is 11.1. The van der Waals surface area contributed by atoms with Crippen molar-refractivity contribution in [1.82, 2.24) is 0 Å². The van der Waals surface area contributed by atoms with Gasteiger partial charge in [0.1, 0.15) is 5.71 Å². The predicted octanol–water partition coefficient (Wildman–Crippen LogP) is 6.48. The van der Waals surface area contributed by atoms with Crippen molar-refractivity contribution in [2.45, 2.75) is 0 Å². The zero-order valence-corrected chi connectivity index (χ0v) is 16.3. The Morgan fingerprint density at radius 1 is 0.724 bits per heavy atom. The Kier molecular flexibility index (Phi) is 5.78. The lowest BCUT2D eigenvalue weighted by atomic mass is 10.1. The highest BCUT2D eigenvalue weighted by atomic mass is 32.1. The molecule has 0 aliphatic heterocycles. The van der Waals surface area contributed by atoms with E-state index in [4.69, 9.17) is 4.84 Å². The third kappa shape index (κ3) is 4.42. The van der Waals surface area contributed by atoms with Gasteiger partial charge in [0.15, 0.2) is 0 Å². The van der Waals surface area contributed by atoms with Gasteiger partial charge in [0.2, 0.25) is 0 Å². The number of hydrogen-bond donors (Lipinski definition) is 0. The fourth-order valence-electron chi connectivity index (χ4n) is 2.89. The van der Waals surface area contributed by atoms with Crippen molar-refractivity contribution in [3.05, 3.63) is 119 Å². The van der Waals surface area contributed by atoms with Crippen LogP contribution in [0.2, 0.25) is 0 Å². The second-order valence-electron chi connectivity index (χ2n) is 6.15. The molecule has 3 aromatic carbocycles. The molecule has 0 spiro atoms. The number of carbonyl (C=O) groups is 1. The summed E-state index contributed by atoms with van der Waals surface area (Å²) in [5, 5.41) is 6.21. The van der Waals surface area contributed by atoms with E-state index in [0.29, 0.717) is 17.1 Å². The fourth-order valence-corrected chi connectivity index (χ4v) is 3.62. The van der Waals surface area contributed by atoms with Crippen molar-refractivity contribution >= 4 is 34.5 Å². The third-order valence-corrected chi connectivity index (χ3v) is 5.10. The highest BCUT2D eigenvalue weighted by Crippen LogP contribution is 2.26. The number of hydrogen-bond acceptors (Lipinski definition) is 4. The largest absolute Gasteiger partial charge is 0.445 e. The number of thiophene rings is 1. The first-order chi connectivity index (χ1) is 14.3. The van der Waals surface area contributed by atoms with Gasteiger partial charge in [0, 0.05) is 5.56 Å². The SMILES string of the molecule is O=C(ON=C(c1ccccc1)c1cccs1)N(c1ccccc1)c1ccccc1. The van der Waals surface area contributed by atoms with E-state index in [1.165, 1.54) is 4.90 Å². The highest BCUT2D eigenvalue weighted by Gasteiger charge is 2.20. The molecule has 142 valence electrons. The maximum atomic E-state index is 13.0. The van der Waals surface area contributed by atoms with Crippen LogP contribution in [0.15, 0.2) is 114 Å². The van der Waals surface area contributed by atoms with E-state index in [-0.39, 0.29) is 0 Å². The smallest absolute Gasteiger partial charge is 0.297 e.